The Kier molecular flexibility index (Phi) is 6.48. The molecular formula is C27H35N7. The standard InChI is InChI=1S/C27H35N7/c1-18(2)23(28)17-33-14-10-22(11-15-33)31-27-32-26-25(19(3)9-13-30-26)34(27)16-21-7-4-6-20-8-5-12-29-24(20)21/h4-9,12-13,18,22-23H,10-11,14-17,28H2,1-3H3,(H,30,31,32). The number of para-hydroxylation sites is 1. The summed E-state index contributed by atoms with van der Waals surface area (Å²) in [6, 6.07) is 13.2. The van der Waals surface area contributed by atoms with Gasteiger partial charge in [-0.15, -0.1) is 0 Å². The van der Waals surface area contributed by atoms with Crippen LogP contribution < -0.4 is 11.1 Å². The first-order chi connectivity index (χ1) is 16.5. The molecule has 3 aromatic heterocycles. The molecule has 1 saturated heterocycles. The van der Waals surface area contributed by atoms with Gasteiger partial charge in [-0.3, -0.25) is 4.98 Å². The second-order valence-corrected chi connectivity index (χ2v) is 9.94. The highest BCUT2D eigenvalue weighted by atomic mass is 15.2. The largest absolute Gasteiger partial charge is 0.353 e. The zero-order valence-electron chi connectivity index (χ0n) is 20.4. The number of anilines is 1. The van der Waals surface area contributed by atoms with E-state index in [4.69, 9.17) is 10.7 Å². The second kappa shape index (κ2) is 9.68. The fourth-order valence-electron chi connectivity index (χ4n) is 4.90. The quantitative estimate of drug-likeness (QED) is 0.433. The highest BCUT2D eigenvalue weighted by Crippen LogP contribution is 2.27. The molecule has 0 spiro atoms. The van der Waals surface area contributed by atoms with Gasteiger partial charge in [0.1, 0.15) is 0 Å². The van der Waals surface area contributed by atoms with Crippen molar-refractivity contribution in [2.45, 2.75) is 52.2 Å². The van der Waals surface area contributed by atoms with Crippen molar-refractivity contribution >= 4 is 28.0 Å². The maximum Gasteiger partial charge on any atom is 0.205 e. The fourth-order valence-corrected chi connectivity index (χ4v) is 4.90. The zero-order valence-corrected chi connectivity index (χ0v) is 20.4. The van der Waals surface area contributed by atoms with E-state index in [2.05, 4.69) is 75.9 Å². The number of nitrogens with two attached hydrogens (primary N) is 1. The number of likely N-dealkylation sites (tertiary alicyclic amines) is 1. The lowest BCUT2D eigenvalue weighted by Gasteiger charge is -2.34. The van der Waals surface area contributed by atoms with Crippen molar-refractivity contribution in [3.8, 4) is 0 Å². The number of pyridine rings is 2. The van der Waals surface area contributed by atoms with E-state index in [1.54, 1.807) is 0 Å². The van der Waals surface area contributed by atoms with E-state index >= 15 is 0 Å². The molecule has 178 valence electrons. The van der Waals surface area contributed by atoms with Crippen molar-refractivity contribution in [2.24, 2.45) is 11.7 Å². The Morgan fingerprint density at radius 3 is 2.65 bits per heavy atom. The molecule has 34 heavy (non-hydrogen) atoms. The monoisotopic (exact) mass is 457 g/mol. The molecule has 0 saturated carbocycles. The van der Waals surface area contributed by atoms with E-state index < -0.39 is 0 Å². The predicted molar refractivity (Wildman–Crippen MR) is 139 cm³/mol. The van der Waals surface area contributed by atoms with E-state index in [9.17, 15) is 0 Å². The number of imidazole rings is 1. The van der Waals surface area contributed by atoms with Crippen molar-refractivity contribution in [3.63, 3.8) is 0 Å². The summed E-state index contributed by atoms with van der Waals surface area (Å²) in [6.07, 6.45) is 5.87. The summed E-state index contributed by atoms with van der Waals surface area (Å²) in [6.45, 7) is 10.3. The van der Waals surface area contributed by atoms with Crippen LogP contribution in [0.1, 0.15) is 37.8 Å². The van der Waals surface area contributed by atoms with Gasteiger partial charge in [-0.05, 0) is 48.9 Å². The van der Waals surface area contributed by atoms with Crippen molar-refractivity contribution in [3.05, 3.63) is 59.9 Å². The molecule has 1 fully saturated rings. The van der Waals surface area contributed by atoms with E-state index in [-0.39, 0.29) is 6.04 Å². The summed E-state index contributed by atoms with van der Waals surface area (Å²) in [4.78, 5) is 16.7. The number of aryl methyl sites for hydroxylation is 1. The summed E-state index contributed by atoms with van der Waals surface area (Å²) < 4.78 is 2.28. The summed E-state index contributed by atoms with van der Waals surface area (Å²) in [5.41, 5.74) is 11.6. The van der Waals surface area contributed by atoms with Crippen LogP contribution in [0.5, 0.6) is 0 Å². The maximum absolute atomic E-state index is 6.31. The summed E-state index contributed by atoms with van der Waals surface area (Å²) in [5, 5.41) is 4.92. The van der Waals surface area contributed by atoms with Gasteiger partial charge in [0.15, 0.2) is 5.65 Å². The molecule has 7 heteroatoms. The van der Waals surface area contributed by atoms with Gasteiger partial charge >= 0.3 is 0 Å². The van der Waals surface area contributed by atoms with Gasteiger partial charge in [-0.25, -0.2) is 4.98 Å². The lowest BCUT2D eigenvalue weighted by molar-refractivity contribution is 0.194. The van der Waals surface area contributed by atoms with Crippen LogP contribution in [0, 0.1) is 12.8 Å². The van der Waals surface area contributed by atoms with Gasteiger partial charge in [0.05, 0.1) is 17.6 Å². The molecule has 4 aromatic rings. The topological polar surface area (TPSA) is 84.9 Å². The molecule has 0 radical (unpaired) electrons. The second-order valence-electron chi connectivity index (χ2n) is 9.94. The lowest BCUT2D eigenvalue weighted by atomic mass is 10.0. The first-order valence-electron chi connectivity index (χ1n) is 12.4. The minimum Gasteiger partial charge on any atom is -0.353 e. The third kappa shape index (κ3) is 4.63. The Morgan fingerprint density at radius 2 is 1.85 bits per heavy atom. The molecule has 1 aliphatic rings. The van der Waals surface area contributed by atoms with Gasteiger partial charge in [-0.1, -0.05) is 38.1 Å². The first-order valence-corrected chi connectivity index (χ1v) is 12.4. The number of benzene rings is 1. The summed E-state index contributed by atoms with van der Waals surface area (Å²) in [5.74, 6) is 1.40. The smallest absolute Gasteiger partial charge is 0.205 e. The molecule has 1 atom stereocenters. The van der Waals surface area contributed by atoms with E-state index in [1.807, 2.05) is 18.5 Å². The molecule has 5 rings (SSSR count). The van der Waals surface area contributed by atoms with Crippen LogP contribution in [-0.4, -0.2) is 56.1 Å². The Bertz CT molecular complexity index is 1270. The summed E-state index contributed by atoms with van der Waals surface area (Å²) >= 11 is 0. The van der Waals surface area contributed by atoms with Gasteiger partial charge in [0, 0.05) is 49.5 Å². The van der Waals surface area contributed by atoms with Crippen LogP contribution in [0.25, 0.3) is 22.1 Å². The highest BCUT2D eigenvalue weighted by Gasteiger charge is 2.24. The van der Waals surface area contributed by atoms with Crippen LogP contribution in [-0.2, 0) is 6.54 Å². The highest BCUT2D eigenvalue weighted by molar-refractivity contribution is 5.83. The van der Waals surface area contributed by atoms with Crippen molar-refractivity contribution in [1.82, 2.24) is 24.4 Å². The number of piperidine rings is 1. The Balaban J connectivity index is 1.40. The van der Waals surface area contributed by atoms with Crippen molar-refractivity contribution in [2.75, 3.05) is 25.0 Å². The molecule has 1 aliphatic heterocycles. The van der Waals surface area contributed by atoms with E-state index in [1.165, 1.54) is 11.1 Å². The molecule has 0 amide bonds. The number of aromatic nitrogens is 4. The number of nitrogens with one attached hydrogen (secondary N) is 1. The molecule has 1 unspecified atom stereocenters. The molecule has 3 N–H and O–H groups in total. The maximum atomic E-state index is 6.31. The number of rotatable bonds is 7. The number of nitrogens with zero attached hydrogens (tertiary/aromatic N) is 5. The molecular weight excluding hydrogens is 422 g/mol. The zero-order chi connectivity index (χ0) is 23.7. The van der Waals surface area contributed by atoms with E-state index in [0.717, 1.165) is 60.5 Å². The minimum absolute atomic E-state index is 0.233. The molecule has 4 heterocycles. The number of hydrogen-bond donors (Lipinski definition) is 2. The average Bonchev–Trinajstić information content (AvgIpc) is 3.18. The summed E-state index contributed by atoms with van der Waals surface area (Å²) in [7, 11) is 0. The SMILES string of the molecule is Cc1ccnc2nc(NC3CCN(CC(N)C(C)C)CC3)n(Cc3cccc4cccnc34)c12. The molecule has 1 aromatic carbocycles. The first kappa shape index (κ1) is 22.7. The van der Waals surface area contributed by atoms with Gasteiger partial charge < -0.3 is 20.5 Å². The van der Waals surface area contributed by atoms with Gasteiger partial charge in [0.25, 0.3) is 0 Å². The fraction of sp³-hybridized carbons (Fsp3) is 0.444. The predicted octanol–water partition coefficient (Wildman–Crippen LogP) is 4.20. The average molecular weight is 458 g/mol. The number of hydrogen-bond acceptors (Lipinski definition) is 6. The molecule has 0 bridgehead atoms. The lowest BCUT2D eigenvalue weighted by Crippen LogP contribution is -2.46. The van der Waals surface area contributed by atoms with Crippen LogP contribution in [0.4, 0.5) is 5.95 Å². The van der Waals surface area contributed by atoms with Gasteiger partial charge in [0.2, 0.25) is 5.95 Å². The van der Waals surface area contributed by atoms with Crippen LogP contribution in [0.2, 0.25) is 0 Å². The van der Waals surface area contributed by atoms with E-state index in [0.29, 0.717) is 18.5 Å². The van der Waals surface area contributed by atoms with Gasteiger partial charge in [-0.2, -0.15) is 4.98 Å². The molecule has 0 aliphatic carbocycles. The van der Waals surface area contributed by atoms with Crippen molar-refractivity contribution < 1.29 is 0 Å². The third-order valence-corrected chi connectivity index (χ3v) is 7.13. The normalized spacial score (nSPS) is 16.5. The Hall–Kier alpha value is -3.03. The van der Waals surface area contributed by atoms with Crippen LogP contribution in [0.3, 0.4) is 0 Å². The Morgan fingerprint density at radius 1 is 1.06 bits per heavy atom. The van der Waals surface area contributed by atoms with Crippen LogP contribution >= 0.6 is 0 Å². The Labute approximate surface area is 201 Å². The molecule has 7 nitrogen and oxygen atoms in total. The third-order valence-electron chi connectivity index (χ3n) is 7.13. The minimum atomic E-state index is 0.233. The van der Waals surface area contributed by atoms with Crippen molar-refractivity contribution in [1.29, 1.82) is 0 Å². The van der Waals surface area contributed by atoms with Crippen LogP contribution in [0.15, 0.2) is 48.8 Å². The number of fused-ring (bicyclic) bond motifs is 2.